The molecule has 1 aromatic rings. The van der Waals surface area contributed by atoms with E-state index in [4.69, 9.17) is 5.73 Å². The second kappa shape index (κ2) is 5.31. The molecular weight excluding hydrogens is 245 g/mol. The predicted octanol–water partition coefficient (Wildman–Crippen LogP) is 2.72. The van der Waals surface area contributed by atoms with E-state index in [1.54, 1.807) is 0 Å². The van der Waals surface area contributed by atoms with Crippen molar-refractivity contribution in [2.45, 2.75) is 25.3 Å². The molecule has 0 saturated heterocycles. The Balaban J connectivity index is 2.72. The first-order valence-corrected chi connectivity index (χ1v) is 4.65. The van der Waals surface area contributed by atoms with E-state index in [0.29, 0.717) is 0 Å². The van der Waals surface area contributed by atoms with Gasteiger partial charge in [0.25, 0.3) is 0 Å². The van der Waals surface area contributed by atoms with Crippen LogP contribution in [0.4, 0.5) is 22.0 Å². The molecule has 1 aromatic carbocycles. The molecule has 7 heteroatoms. The lowest BCUT2D eigenvalue weighted by atomic mass is 10.1. The minimum atomic E-state index is -4.51. The van der Waals surface area contributed by atoms with Crippen LogP contribution in [-0.4, -0.2) is 18.8 Å². The largest absolute Gasteiger partial charge is 0.435 e. The Hall–Kier alpha value is -1.37. The number of benzene rings is 1. The van der Waals surface area contributed by atoms with E-state index in [1.807, 2.05) is 0 Å². The summed E-state index contributed by atoms with van der Waals surface area (Å²) in [5, 5.41) is 0. The van der Waals surface area contributed by atoms with Crippen LogP contribution in [-0.2, 0) is 6.42 Å². The van der Waals surface area contributed by atoms with Gasteiger partial charge >= 0.3 is 12.8 Å². The lowest BCUT2D eigenvalue weighted by Gasteiger charge is -2.15. The Morgan fingerprint density at radius 3 is 2.41 bits per heavy atom. The zero-order valence-corrected chi connectivity index (χ0v) is 8.55. The van der Waals surface area contributed by atoms with Gasteiger partial charge in [0.15, 0.2) is 0 Å². The minimum Gasteiger partial charge on any atom is -0.435 e. The maximum Gasteiger partial charge on any atom is 0.403 e. The molecule has 1 unspecified atom stereocenters. The second-order valence-electron chi connectivity index (χ2n) is 3.38. The molecule has 0 aromatic heterocycles. The molecule has 0 aliphatic rings. The van der Waals surface area contributed by atoms with E-state index in [2.05, 4.69) is 4.74 Å². The molecule has 0 radical (unpaired) electrons. The van der Waals surface area contributed by atoms with E-state index < -0.39 is 25.3 Å². The van der Waals surface area contributed by atoms with Crippen molar-refractivity contribution in [3.63, 3.8) is 0 Å². The highest BCUT2D eigenvalue weighted by molar-refractivity contribution is 5.29. The third-order valence-electron chi connectivity index (χ3n) is 2.00. The van der Waals surface area contributed by atoms with E-state index in [-0.39, 0.29) is 11.3 Å². The molecule has 0 aliphatic heterocycles. The number of rotatable bonds is 4. The van der Waals surface area contributed by atoms with E-state index >= 15 is 0 Å². The van der Waals surface area contributed by atoms with Gasteiger partial charge in [0, 0.05) is 0 Å². The SMILES string of the molecule is NC(Cc1cccc(OC(F)F)c1)C(F)(F)F. The average Bonchev–Trinajstić information content (AvgIpc) is 2.15. The molecule has 1 atom stereocenters. The van der Waals surface area contributed by atoms with Crippen LogP contribution in [0.25, 0.3) is 0 Å². The van der Waals surface area contributed by atoms with Crippen LogP contribution in [0, 0.1) is 0 Å². The highest BCUT2D eigenvalue weighted by Crippen LogP contribution is 2.23. The van der Waals surface area contributed by atoms with Crippen LogP contribution < -0.4 is 10.5 Å². The Labute approximate surface area is 94.2 Å². The van der Waals surface area contributed by atoms with Gasteiger partial charge in [0.2, 0.25) is 0 Å². The Bertz CT molecular complexity index is 366. The van der Waals surface area contributed by atoms with Crippen LogP contribution in [0.1, 0.15) is 5.56 Å². The van der Waals surface area contributed by atoms with Crippen LogP contribution in [0.5, 0.6) is 5.75 Å². The molecule has 2 N–H and O–H groups in total. The maximum absolute atomic E-state index is 12.2. The quantitative estimate of drug-likeness (QED) is 0.839. The summed E-state index contributed by atoms with van der Waals surface area (Å²) >= 11 is 0. The summed E-state index contributed by atoms with van der Waals surface area (Å²) in [4.78, 5) is 0. The molecule has 0 saturated carbocycles. The van der Waals surface area contributed by atoms with Gasteiger partial charge in [-0.05, 0) is 24.1 Å². The first-order valence-electron chi connectivity index (χ1n) is 4.65. The van der Waals surface area contributed by atoms with Gasteiger partial charge in [-0.25, -0.2) is 0 Å². The number of alkyl halides is 5. The molecular formula is C10H10F5NO. The zero-order chi connectivity index (χ0) is 13.1. The summed E-state index contributed by atoms with van der Waals surface area (Å²) in [5.41, 5.74) is 5.11. The Kier molecular flexibility index (Phi) is 4.28. The smallest absolute Gasteiger partial charge is 0.403 e. The number of ether oxygens (including phenoxy) is 1. The minimum absolute atomic E-state index is 0.188. The highest BCUT2D eigenvalue weighted by Gasteiger charge is 2.36. The van der Waals surface area contributed by atoms with Crippen LogP contribution in [0.2, 0.25) is 0 Å². The topological polar surface area (TPSA) is 35.2 Å². The number of nitrogens with two attached hydrogens (primary N) is 1. The van der Waals surface area contributed by atoms with Crippen molar-refractivity contribution in [2.75, 3.05) is 0 Å². The summed E-state index contributed by atoms with van der Waals surface area (Å²) in [5.74, 6) is -0.188. The Morgan fingerprint density at radius 2 is 1.88 bits per heavy atom. The molecule has 1 rings (SSSR count). The lowest BCUT2D eigenvalue weighted by Crippen LogP contribution is -2.39. The van der Waals surface area contributed by atoms with Crippen LogP contribution >= 0.6 is 0 Å². The van der Waals surface area contributed by atoms with Gasteiger partial charge in [-0.15, -0.1) is 0 Å². The number of hydrogen-bond donors (Lipinski definition) is 1. The first kappa shape index (κ1) is 13.7. The number of halogens is 5. The van der Waals surface area contributed by atoms with Crippen molar-refractivity contribution in [3.05, 3.63) is 29.8 Å². The molecule has 17 heavy (non-hydrogen) atoms. The van der Waals surface area contributed by atoms with Crippen molar-refractivity contribution in [2.24, 2.45) is 5.73 Å². The average molecular weight is 255 g/mol. The zero-order valence-electron chi connectivity index (χ0n) is 8.55. The molecule has 0 amide bonds. The fraction of sp³-hybridized carbons (Fsp3) is 0.400. The third kappa shape index (κ3) is 4.56. The fourth-order valence-electron chi connectivity index (χ4n) is 1.22. The molecule has 0 spiro atoms. The fourth-order valence-corrected chi connectivity index (χ4v) is 1.22. The molecule has 0 fully saturated rings. The Morgan fingerprint density at radius 1 is 1.24 bits per heavy atom. The van der Waals surface area contributed by atoms with Crippen molar-refractivity contribution < 1.29 is 26.7 Å². The summed E-state index contributed by atoms with van der Waals surface area (Å²) < 4.78 is 64.3. The van der Waals surface area contributed by atoms with E-state index in [0.717, 1.165) is 6.07 Å². The van der Waals surface area contributed by atoms with Gasteiger partial charge in [-0.1, -0.05) is 12.1 Å². The molecule has 0 bridgehead atoms. The summed E-state index contributed by atoms with van der Waals surface area (Å²) in [6.45, 7) is -3.01. The van der Waals surface area contributed by atoms with Crippen molar-refractivity contribution in [3.8, 4) is 5.75 Å². The summed E-state index contributed by atoms with van der Waals surface area (Å²) in [6, 6.07) is 3.01. The normalized spacial score (nSPS) is 13.8. The van der Waals surface area contributed by atoms with Gasteiger partial charge in [0.05, 0.1) is 0 Å². The summed E-state index contributed by atoms with van der Waals surface area (Å²) in [6.07, 6.45) is -5.00. The predicted molar refractivity (Wildman–Crippen MR) is 50.8 cm³/mol. The first-order chi connectivity index (χ1) is 7.79. The van der Waals surface area contributed by atoms with Gasteiger partial charge < -0.3 is 10.5 Å². The monoisotopic (exact) mass is 255 g/mol. The third-order valence-corrected chi connectivity index (χ3v) is 2.00. The van der Waals surface area contributed by atoms with Crippen molar-refractivity contribution >= 4 is 0 Å². The molecule has 2 nitrogen and oxygen atoms in total. The standard InChI is InChI=1S/C10H10F5NO/c11-9(12)17-7-3-1-2-6(4-7)5-8(16)10(13,14)15/h1-4,8-9H,5,16H2. The molecule has 0 aliphatic carbocycles. The molecule has 96 valence electrons. The molecule has 0 heterocycles. The highest BCUT2D eigenvalue weighted by atomic mass is 19.4. The van der Waals surface area contributed by atoms with Gasteiger partial charge in [0.1, 0.15) is 11.8 Å². The van der Waals surface area contributed by atoms with Gasteiger partial charge in [-0.2, -0.15) is 22.0 Å². The second-order valence-corrected chi connectivity index (χ2v) is 3.38. The van der Waals surface area contributed by atoms with E-state index in [9.17, 15) is 22.0 Å². The van der Waals surface area contributed by atoms with Crippen LogP contribution in [0.15, 0.2) is 24.3 Å². The van der Waals surface area contributed by atoms with Gasteiger partial charge in [-0.3, -0.25) is 0 Å². The number of hydrogen-bond acceptors (Lipinski definition) is 2. The van der Waals surface area contributed by atoms with Crippen LogP contribution in [0.3, 0.4) is 0 Å². The summed E-state index contributed by atoms with van der Waals surface area (Å²) in [7, 11) is 0. The lowest BCUT2D eigenvalue weighted by molar-refractivity contribution is -0.147. The van der Waals surface area contributed by atoms with Crippen molar-refractivity contribution in [1.82, 2.24) is 0 Å². The van der Waals surface area contributed by atoms with Crippen molar-refractivity contribution in [1.29, 1.82) is 0 Å². The van der Waals surface area contributed by atoms with E-state index in [1.165, 1.54) is 18.2 Å². The maximum atomic E-state index is 12.2.